The molecule has 4 rings (SSSR count). The maximum Gasteiger partial charge on any atom is 0.449 e. The van der Waals surface area contributed by atoms with Crippen LogP contribution in [0.3, 0.4) is 0 Å². The lowest BCUT2D eigenvalue weighted by Gasteiger charge is -2.32. The van der Waals surface area contributed by atoms with Crippen LogP contribution in [0, 0.1) is 0 Å². The van der Waals surface area contributed by atoms with Crippen LogP contribution in [0.5, 0.6) is 0 Å². The van der Waals surface area contributed by atoms with Gasteiger partial charge in [0.05, 0.1) is 17.6 Å². The topological polar surface area (TPSA) is 42.1 Å². The summed E-state index contributed by atoms with van der Waals surface area (Å²) in [6.07, 6.45) is 2.01. The van der Waals surface area contributed by atoms with Gasteiger partial charge in [0.15, 0.2) is 0 Å². The molecule has 0 aliphatic carbocycles. The van der Waals surface area contributed by atoms with Crippen molar-refractivity contribution in [1.29, 1.82) is 0 Å². The van der Waals surface area contributed by atoms with E-state index in [0.717, 1.165) is 50.2 Å². The quantitative estimate of drug-likeness (QED) is 0.797. The summed E-state index contributed by atoms with van der Waals surface area (Å²) in [6, 6.07) is 0. The highest BCUT2D eigenvalue weighted by Gasteiger charge is 2.41. The van der Waals surface area contributed by atoms with Gasteiger partial charge in [-0.05, 0) is 45.0 Å². The van der Waals surface area contributed by atoms with Crippen molar-refractivity contribution in [2.45, 2.75) is 44.4 Å². The first kappa shape index (κ1) is 19.4. The fourth-order valence-electron chi connectivity index (χ4n) is 4.35. The van der Waals surface area contributed by atoms with Gasteiger partial charge in [-0.3, -0.25) is 9.58 Å². The van der Waals surface area contributed by atoms with Gasteiger partial charge in [0.25, 0.3) is 0 Å². The molecule has 1 fully saturated rings. The second-order valence-corrected chi connectivity index (χ2v) is 8.04. The van der Waals surface area contributed by atoms with Crippen molar-refractivity contribution in [3.8, 4) is 0 Å². The predicted molar refractivity (Wildman–Crippen MR) is 98.9 cm³/mol. The maximum absolute atomic E-state index is 13.6. The first-order chi connectivity index (χ1) is 13.3. The number of halogens is 3. The number of piperidine rings is 1. The Morgan fingerprint density at radius 2 is 1.86 bits per heavy atom. The summed E-state index contributed by atoms with van der Waals surface area (Å²) in [6.45, 7) is 4.11. The van der Waals surface area contributed by atoms with Gasteiger partial charge in [0, 0.05) is 45.3 Å². The number of imidazole rings is 1. The van der Waals surface area contributed by atoms with Crippen molar-refractivity contribution in [1.82, 2.24) is 29.1 Å². The Bertz CT molecular complexity index is 816. The molecule has 0 unspecified atom stereocenters. The molecule has 0 saturated carbocycles. The summed E-state index contributed by atoms with van der Waals surface area (Å²) in [5.74, 6) is -0.602. The smallest absolute Gasteiger partial charge is 0.322 e. The average Bonchev–Trinajstić information content (AvgIpc) is 3.23. The summed E-state index contributed by atoms with van der Waals surface area (Å²) < 4.78 is 43.9. The zero-order valence-corrected chi connectivity index (χ0v) is 16.4. The third kappa shape index (κ3) is 3.96. The van der Waals surface area contributed by atoms with E-state index >= 15 is 0 Å². The Hall–Kier alpha value is -1.87. The second-order valence-electron chi connectivity index (χ2n) is 8.04. The highest BCUT2D eigenvalue weighted by Crippen LogP contribution is 2.37. The SMILES string of the molecule is CN1CCC(c2nc(C(F)(F)F)n3c2CN(CCc2cnn(C)c2)CC3)CC1. The van der Waals surface area contributed by atoms with Crippen molar-refractivity contribution >= 4 is 0 Å². The van der Waals surface area contributed by atoms with Crippen LogP contribution in [0.2, 0.25) is 0 Å². The molecule has 0 N–H and O–H groups in total. The minimum atomic E-state index is -4.41. The fourth-order valence-corrected chi connectivity index (χ4v) is 4.35. The zero-order chi connectivity index (χ0) is 19.9. The molecule has 1 saturated heterocycles. The van der Waals surface area contributed by atoms with E-state index < -0.39 is 12.0 Å². The highest BCUT2D eigenvalue weighted by atomic mass is 19.4. The van der Waals surface area contributed by atoms with Crippen LogP contribution in [-0.2, 0) is 32.7 Å². The minimum Gasteiger partial charge on any atom is -0.322 e. The van der Waals surface area contributed by atoms with Crippen LogP contribution in [0.4, 0.5) is 13.2 Å². The van der Waals surface area contributed by atoms with E-state index in [-0.39, 0.29) is 5.92 Å². The van der Waals surface area contributed by atoms with E-state index in [9.17, 15) is 13.2 Å². The molecule has 0 spiro atoms. The van der Waals surface area contributed by atoms with Crippen LogP contribution in [0.25, 0.3) is 0 Å². The lowest BCUT2D eigenvalue weighted by molar-refractivity contribution is -0.147. The molecule has 0 atom stereocenters. The van der Waals surface area contributed by atoms with Crippen LogP contribution < -0.4 is 0 Å². The molecule has 2 aromatic heterocycles. The number of hydrogen-bond donors (Lipinski definition) is 0. The van der Waals surface area contributed by atoms with Crippen LogP contribution in [0.1, 0.15) is 41.5 Å². The normalized spacial score (nSPS) is 19.9. The van der Waals surface area contributed by atoms with Crippen molar-refractivity contribution < 1.29 is 13.2 Å². The van der Waals surface area contributed by atoms with E-state index in [4.69, 9.17) is 0 Å². The van der Waals surface area contributed by atoms with Gasteiger partial charge in [-0.15, -0.1) is 0 Å². The minimum absolute atomic E-state index is 0.117. The van der Waals surface area contributed by atoms with Crippen LogP contribution in [0.15, 0.2) is 12.4 Å². The van der Waals surface area contributed by atoms with E-state index in [0.29, 0.717) is 25.3 Å². The van der Waals surface area contributed by atoms with Gasteiger partial charge in [-0.1, -0.05) is 0 Å². The van der Waals surface area contributed by atoms with Gasteiger partial charge in [-0.25, -0.2) is 4.98 Å². The molecular weight excluding hydrogens is 369 g/mol. The van der Waals surface area contributed by atoms with Crippen molar-refractivity contribution in [2.75, 3.05) is 33.2 Å². The summed E-state index contributed by atoms with van der Waals surface area (Å²) in [5, 5.41) is 4.18. The number of rotatable bonds is 4. The molecular formula is C19H27F3N6. The molecule has 9 heteroatoms. The predicted octanol–water partition coefficient (Wildman–Crippen LogP) is 2.50. The largest absolute Gasteiger partial charge is 0.449 e. The number of aromatic nitrogens is 4. The maximum atomic E-state index is 13.6. The van der Waals surface area contributed by atoms with Crippen LogP contribution >= 0.6 is 0 Å². The number of aryl methyl sites for hydroxylation is 1. The van der Waals surface area contributed by atoms with Gasteiger partial charge < -0.3 is 9.47 Å². The molecule has 4 heterocycles. The van der Waals surface area contributed by atoms with Crippen molar-refractivity contribution in [2.24, 2.45) is 7.05 Å². The monoisotopic (exact) mass is 396 g/mol. The molecule has 0 bridgehead atoms. The van der Waals surface area contributed by atoms with Crippen molar-refractivity contribution in [3.63, 3.8) is 0 Å². The number of likely N-dealkylation sites (tertiary alicyclic amines) is 1. The van der Waals surface area contributed by atoms with Gasteiger partial charge in [-0.2, -0.15) is 18.3 Å². The Kier molecular flexibility index (Phi) is 5.22. The summed E-state index contributed by atoms with van der Waals surface area (Å²) >= 11 is 0. The third-order valence-electron chi connectivity index (χ3n) is 5.95. The molecule has 28 heavy (non-hydrogen) atoms. The molecule has 0 aromatic carbocycles. The van der Waals surface area contributed by atoms with Gasteiger partial charge in [0.1, 0.15) is 0 Å². The van der Waals surface area contributed by atoms with Crippen LogP contribution in [-0.4, -0.2) is 62.4 Å². The third-order valence-corrected chi connectivity index (χ3v) is 5.95. The summed E-state index contributed by atoms with van der Waals surface area (Å²) in [7, 11) is 3.94. The molecule has 0 radical (unpaired) electrons. The van der Waals surface area contributed by atoms with Gasteiger partial charge >= 0.3 is 6.18 Å². The van der Waals surface area contributed by atoms with Crippen molar-refractivity contribution in [3.05, 3.63) is 35.2 Å². The van der Waals surface area contributed by atoms with E-state index in [2.05, 4.69) is 26.9 Å². The number of fused-ring (bicyclic) bond motifs is 1. The first-order valence-corrected chi connectivity index (χ1v) is 9.86. The molecule has 2 aromatic rings. The number of hydrogen-bond acceptors (Lipinski definition) is 4. The standard InChI is InChI=1S/C19H27F3N6/c1-25-6-4-15(5-7-25)17-16-13-27(8-3-14-11-23-26(2)12-14)9-10-28(16)18(24-17)19(20,21)22/h11-12,15H,3-10,13H2,1-2H3. The molecule has 2 aliphatic heterocycles. The molecule has 6 nitrogen and oxygen atoms in total. The number of alkyl halides is 3. The molecule has 2 aliphatic rings. The number of nitrogens with zero attached hydrogens (tertiary/aromatic N) is 6. The lowest BCUT2D eigenvalue weighted by atomic mass is 9.92. The molecule has 154 valence electrons. The van der Waals surface area contributed by atoms with E-state index in [1.807, 2.05) is 19.4 Å². The lowest BCUT2D eigenvalue weighted by Crippen LogP contribution is -2.37. The first-order valence-electron chi connectivity index (χ1n) is 9.86. The summed E-state index contributed by atoms with van der Waals surface area (Å²) in [4.78, 5) is 8.61. The molecule has 0 amide bonds. The van der Waals surface area contributed by atoms with E-state index in [1.165, 1.54) is 4.57 Å². The second kappa shape index (κ2) is 7.51. The zero-order valence-electron chi connectivity index (χ0n) is 16.4. The Morgan fingerprint density at radius 1 is 1.11 bits per heavy atom. The Balaban J connectivity index is 1.55. The summed E-state index contributed by atoms with van der Waals surface area (Å²) in [5.41, 5.74) is 2.58. The Morgan fingerprint density at radius 3 is 2.50 bits per heavy atom. The highest BCUT2D eigenvalue weighted by molar-refractivity contribution is 5.25. The Labute approximate surface area is 162 Å². The van der Waals surface area contributed by atoms with Gasteiger partial charge in [0.2, 0.25) is 5.82 Å². The fraction of sp³-hybridized carbons (Fsp3) is 0.684. The average molecular weight is 396 g/mol. The van der Waals surface area contributed by atoms with E-state index in [1.54, 1.807) is 4.68 Å².